The van der Waals surface area contributed by atoms with Gasteiger partial charge in [-0.25, -0.2) is 0 Å². The fourth-order valence-corrected chi connectivity index (χ4v) is 0.816. The zero-order valence-corrected chi connectivity index (χ0v) is 7.64. The van der Waals surface area contributed by atoms with Crippen LogP contribution in [0.4, 0.5) is 0 Å². The first kappa shape index (κ1) is 11.0. The molecule has 0 aliphatic carbocycles. The first-order chi connectivity index (χ1) is 5.65. The second-order valence-electron chi connectivity index (χ2n) is 2.16. The van der Waals surface area contributed by atoms with E-state index in [1.165, 1.54) is 6.08 Å². The Morgan fingerprint density at radius 2 is 2.25 bits per heavy atom. The van der Waals surface area contributed by atoms with E-state index in [2.05, 4.69) is 6.58 Å². The van der Waals surface area contributed by atoms with Crippen molar-refractivity contribution in [2.24, 2.45) is 0 Å². The molecule has 0 saturated carbocycles. The quantitative estimate of drug-likeness (QED) is 0.241. The van der Waals surface area contributed by atoms with Gasteiger partial charge in [-0.2, -0.15) is 0 Å². The molecule has 0 aliphatic rings. The predicted octanol–water partition coefficient (Wildman–Crippen LogP) is 2.37. The fraction of sp³-hybridized carbons (Fsp3) is 0.222. The van der Waals surface area contributed by atoms with Gasteiger partial charge in [-0.3, -0.25) is 4.79 Å². The van der Waals surface area contributed by atoms with Crippen LogP contribution in [-0.4, -0.2) is 17.3 Å². The molecule has 0 amide bonds. The summed E-state index contributed by atoms with van der Waals surface area (Å²) in [6, 6.07) is 0. The Morgan fingerprint density at radius 3 is 2.50 bits per heavy atom. The Kier molecular flexibility index (Phi) is 5.13. The molecule has 12 heavy (non-hydrogen) atoms. The molecule has 0 radical (unpaired) electrons. The van der Waals surface area contributed by atoms with E-state index in [-0.39, 0.29) is 11.3 Å². The van der Waals surface area contributed by atoms with Crippen molar-refractivity contribution in [3.8, 4) is 0 Å². The van der Waals surface area contributed by atoms with Crippen molar-refractivity contribution in [2.75, 3.05) is 5.88 Å². The minimum absolute atomic E-state index is 0.156. The zero-order valence-electron chi connectivity index (χ0n) is 6.88. The highest BCUT2D eigenvalue weighted by Crippen LogP contribution is 2.07. The third-order valence-corrected chi connectivity index (χ3v) is 1.63. The molecule has 0 aromatic heterocycles. The lowest BCUT2D eigenvalue weighted by atomic mass is 10.1. The number of aldehydes is 1. The number of halogens is 1. The van der Waals surface area contributed by atoms with E-state index in [1.807, 2.05) is 0 Å². The summed E-state index contributed by atoms with van der Waals surface area (Å²) in [6.45, 7) is 5.04. The predicted molar refractivity (Wildman–Crippen MR) is 50.4 cm³/mol. The van der Waals surface area contributed by atoms with Gasteiger partial charge in [-0.05, 0) is 18.6 Å². The average Bonchev–Trinajstić information content (AvgIpc) is 2.06. The summed E-state index contributed by atoms with van der Waals surface area (Å²) in [5, 5.41) is 8.89. The highest BCUT2D eigenvalue weighted by atomic mass is 35.5. The van der Waals surface area contributed by atoms with Crippen molar-refractivity contribution in [3.63, 3.8) is 0 Å². The van der Waals surface area contributed by atoms with Crippen molar-refractivity contribution in [1.29, 1.82) is 0 Å². The van der Waals surface area contributed by atoms with Crippen LogP contribution in [-0.2, 0) is 4.79 Å². The number of allylic oxidation sites excluding steroid dienone is 4. The van der Waals surface area contributed by atoms with Gasteiger partial charge in [0.15, 0.2) is 6.29 Å². The monoisotopic (exact) mass is 186 g/mol. The number of hydrogen-bond acceptors (Lipinski definition) is 2. The van der Waals surface area contributed by atoms with Crippen LogP contribution in [0.25, 0.3) is 0 Å². The number of alkyl halides is 1. The molecule has 0 aromatic rings. The lowest BCUT2D eigenvalue weighted by Crippen LogP contribution is -1.90. The molecule has 0 rings (SSSR count). The smallest absolute Gasteiger partial charge is 0.153 e. The SMILES string of the molecule is C=C(O)/C(C=O)=C\C(=C/C)CCl. The summed E-state index contributed by atoms with van der Waals surface area (Å²) in [6.07, 6.45) is 3.81. The topological polar surface area (TPSA) is 37.3 Å². The van der Waals surface area contributed by atoms with Gasteiger partial charge in [-0.15, -0.1) is 11.6 Å². The Balaban J connectivity index is 4.70. The average molecular weight is 187 g/mol. The number of aliphatic hydroxyl groups is 1. The maximum absolute atomic E-state index is 10.4. The van der Waals surface area contributed by atoms with Gasteiger partial charge in [-0.1, -0.05) is 12.7 Å². The molecule has 0 atom stereocenters. The maximum Gasteiger partial charge on any atom is 0.153 e. The van der Waals surface area contributed by atoms with Crippen molar-refractivity contribution in [1.82, 2.24) is 0 Å². The van der Waals surface area contributed by atoms with Crippen LogP contribution in [0.1, 0.15) is 6.92 Å². The molecule has 0 unspecified atom stereocenters. The summed E-state index contributed by atoms with van der Waals surface area (Å²) in [7, 11) is 0. The second-order valence-corrected chi connectivity index (χ2v) is 2.43. The van der Waals surface area contributed by atoms with Gasteiger partial charge in [0.1, 0.15) is 5.76 Å². The first-order valence-corrected chi connectivity index (χ1v) is 3.95. The summed E-state index contributed by atoms with van der Waals surface area (Å²) >= 11 is 5.53. The lowest BCUT2D eigenvalue weighted by Gasteiger charge is -1.97. The number of aliphatic hydroxyl groups excluding tert-OH is 1. The third kappa shape index (κ3) is 3.39. The molecule has 0 fully saturated rings. The molecule has 3 heteroatoms. The summed E-state index contributed by atoms with van der Waals surface area (Å²) < 4.78 is 0. The molecule has 0 aliphatic heterocycles. The van der Waals surface area contributed by atoms with Gasteiger partial charge < -0.3 is 5.11 Å². The molecule has 0 bridgehead atoms. The Morgan fingerprint density at radius 1 is 1.67 bits per heavy atom. The number of carbonyl (C=O) groups excluding carboxylic acids is 1. The first-order valence-electron chi connectivity index (χ1n) is 3.42. The Labute approximate surface area is 76.8 Å². The lowest BCUT2D eigenvalue weighted by molar-refractivity contribution is -0.104. The molecule has 0 heterocycles. The zero-order chi connectivity index (χ0) is 9.56. The molecule has 2 nitrogen and oxygen atoms in total. The normalized spacial score (nSPS) is 12.8. The number of hydrogen-bond donors (Lipinski definition) is 1. The largest absolute Gasteiger partial charge is 0.508 e. The van der Waals surface area contributed by atoms with Gasteiger partial charge in [0.05, 0.1) is 5.57 Å². The highest BCUT2D eigenvalue weighted by Gasteiger charge is 1.99. The Bertz CT molecular complexity index is 239. The van der Waals surface area contributed by atoms with Gasteiger partial charge in [0.25, 0.3) is 0 Å². The molecule has 0 aromatic carbocycles. The molecule has 66 valence electrons. The van der Waals surface area contributed by atoms with Crippen molar-refractivity contribution in [3.05, 3.63) is 35.6 Å². The van der Waals surface area contributed by atoms with E-state index in [0.717, 1.165) is 5.57 Å². The Hall–Kier alpha value is -1.02. The van der Waals surface area contributed by atoms with E-state index in [1.54, 1.807) is 13.0 Å². The maximum atomic E-state index is 10.4. The van der Waals surface area contributed by atoms with Crippen molar-refractivity contribution >= 4 is 17.9 Å². The van der Waals surface area contributed by atoms with Crippen molar-refractivity contribution < 1.29 is 9.90 Å². The van der Waals surface area contributed by atoms with Crippen LogP contribution in [0, 0.1) is 0 Å². The number of carbonyl (C=O) groups is 1. The van der Waals surface area contributed by atoms with Crippen LogP contribution in [0.2, 0.25) is 0 Å². The minimum Gasteiger partial charge on any atom is -0.508 e. The fourth-order valence-electron chi connectivity index (χ4n) is 0.584. The molecule has 0 spiro atoms. The second kappa shape index (κ2) is 5.61. The van der Waals surface area contributed by atoms with Gasteiger partial charge in [0, 0.05) is 5.88 Å². The van der Waals surface area contributed by atoms with Crippen LogP contribution >= 0.6 is 11.6 Å². The van der Waals surface area contributed by atoms with E-state index in [9.17, 15) is 4.79 Å². The standard InChI is InChI=1S/C9H11ClO2/c1-3-8(5-10)4-9(6-11)7(2)12/h3-4,6,12H,2,5H2,1H3/b8-3+,9-4-. The third-order valence-electron chi connectivity index (χ3n) is 1.33. The summed E-state index contributed by atoms with van der Waals surface area (Å²) in [5.74, 6) is 0.0654. The van der Waals surface area contributed by atoms with Crippen LogP contribution < -0.4 is 0 Å². The summed E-state index contributed by atoms with van der Waals surface area (Å²) in [4.78, 5) is 10.4. The number of rotatable bonds is 4. The molecule has 1 N–H and O–H groups in total. The van der Waals surface area contributed by atoms with Crippen LogP contribution in [0.5, 0.6) is 0 Å². The van der Waals surface area contributed by atoms with E-state index in [4.69, 9.17) is 16.7 Å². The molecular formula is C9H11ClO2. The van der Waals surface area contributed by atoms with E-state index in [0.29, 0.717) is 12.2 Å². The van der Waals surface area contributed by atoms with Crippen LogP contribution in [0.15, 0.2) is 35.6 Å². The van der Waals surface area contributed by atoms with E-state index < -0.39 is 0 Å². The van der Waals surface area contributed by atoms with Crippen LogP contribution in [0.3, 0.4) is 0 Å². The molecular weight excluding hydrogens is 176 g/mol. The minimum atomic E-state index is -0.241. The van der Waals surface area contributed by atoms with Gasteiger partial charge >= 0.3 is 0 Å². The molecule has 0 saturated heterocycles. The summed E-state index contributed by atoms with van der Waals surface area (Å²) in [5.41, 5.74) is 0.928. The van der Waals surface area contributed by atoms with E-state index >= 15 is 0 Å². The highest BCUT2D eigenvalue weighted by molar-refractivity contribution is 6.19. The van der Waals surface area contributed by atoms with Gasteiger partial charge in [0.2, 0.25) is 0 Å². The van der Waals surface area contributed by atoms with Crippen molar-refractivity contribution in [2.45, 2.75) is 6.92 Å².